The Labute approximate surface area is 175 Å². The summed E-state index contributed by atoms with van der Waals surface area (Å²) in [6.07, 6.45) is 1.89. The van der Waals surface area contributed by atoms with Crippen molar-refractivity contribution < 1.29 is 18.1 Å². The number of rotatable bonds is 5. The number of benzene rings is 2. The zero-order valence-electron chi connectivity index (χ0n) is 15.5. The molecular weight excluding hydrogens is 438 g/mol. The lowest BCUT2D eigenvalue weighted by Crippen LogP contribution is -2.17. The van der Waals surface area contributed by atoms with Crippen LogP contribution >= 0.6 is 22.9 Å². The quantitative estimate of drug-likeness (QED) is 0.430. The summed E-state index contributed by atoms with van der Waals surface area (Å²) in [4.78, 5) is 27.7. The van der Waals surface area contributed by atoms with E-state index in [1.54, 1.807) is 12.1 Å². The molecule has 1 amide bonds. The van der Waals surface area contributed by atoms with Crippen LogP contribution in [0.25, 0.3) is 10.2 Å². The van der Waals surface area contributed by atoms with Gasteiger partial charge in [0.2, 0.25) is 0 Å². The summed E-state index contributed by atoms with van der Waals surface area (Å²) in [6, 6.07) is 8.33. The molecule has 0 bridgehead atoms. The minimum Gasteiger partial charge on any atom is -0.316 e. The largest absolute Gasteiger partial charge is 0.316 e. The second kappa shape index (κ2) is 8.05. The number of halogens is 1. The van der Waals surface area contributed by atoms with Gasteiger partial charge in [-0.1, -0.05) is 29.9 Å². The number of nitro groups is 1. The number of carbonyl (C=O) groups excluding carboxylic acids is 1. The lowest BCUT2D eigenvalue weighted by atomic mass is 10.2. The van der Waals surface area contributed by atoms with Gasteiger partial charge in [-0.2, -0.15) is 4.99 Å². The van der Waals surface area contributed by atoms with E-state index in [-0.39, 0.29) is 21.2 Å². The second-order valence-corrected chi connectivity index (χ2v) is 9.71. The molecule has 3 rings (SSSR count). The Bertz CT molecular complexity index is 1310. The van der Waals surface area contributed by atoms with Crippen LogP contribution in [0, 0.1) is 10.1 Å². The van der Waals surface area contributed by atoms with E-state index in [0.717, 1.165) is 24.3 Å². The molecule has 0 unspecified atom stereocenters. The first-order valence-electron chi connectivity index (χ1n) is 8.48. The van der Waals surface area contributed by atoms with Gasteiger partial charge >= 0.3 is 0 Å². The van der Waals surface area contributed by atoms with Gasteiger partial charge in [0.1, 0.15) is 0 Å². The molecule has 0 saturated heterocycles. The van der Waals surface area contributed by atoms with Gasteiger partial charge in [0.15, 0.2) is 14.6 Å². The summed E-state index contributed by atoms with van der Waals surface area (Å²) in [7, 11) is -3.38. The molecule has 0 radical (unpaired) electrons. The van der Waals surface area contributed by atoms with Gasteiger partial charge in [0, 0.05) is 24.9 Å². The Balaban J connectivity index is 2.19. The zero-order valence-corrected chi connectivity index (χ0v) is 17.8. The van der Waals surface area contributed by atoms with Crippen molar-refractivity contribution in [3.63, 3.8) is 0 Å². The van der Waals surface area contributed by atoms with E-state index in [9.17, 15) is 23.3 Å². The fourth-order valence-corrected chi connectivity index (χ4v) is 4.76. The van der Waals surface area contributed by atoms with Crippen LogP contribution in [-0.2, 0) is 16.4 Å². The van der Waals surface area contributed by atoms with Crippen molar-refractivity contribution in [2.24, 2.45) is 4.99 Å². The highest BCUT2D eigenvalue weighted by molar-refractivity contribution is 7.90. The highest BCUT2D eigenvalue weighted by Crippen LogP contribution is 2.24. The summed E-state index contributed by atoms with van der Waals surface area (Å²) in [5, 5.41) is 11.0. The first-order valence-corrected chi connectivity index (χ1v) is 11.6. The van der Waals surface area contributed by atoms with Crippen LogP contribution in [0.15, 0.2) is 46.3 Å². The standard InChI is InChI=1S/C18H16ClN3O5S2/c1-3-8-21-15-7-5-12(29(2,26)27)10-16(15)28-18(21)20-17(23)13-9-11(22(24)25)4-6-14(13)19/h4-7,9-10H,3,8H2,1-2H3. The molecule has 1 aromatic heterocycles. The van der Waals surface area contributed by atoms with E-state index in [2.05, 4.69) is 4.99 Å². The maximum atomic E-state index is 12.7. The number of nitro benzene ring substituents is 1. The van der Waals surface area contributed by atoms with E-state index < -0.39 is 20.7 Å². The van der Waals surface area contributed by atoms with Gasteiger partial charge in [0.05, 0.1) is 30.6 Å². The van der Waals surface area contributed by atoms with Crippen molar-refractivity contribution in [2.75, 3.05) is 6.26 Å². The Morgan fingerprint density at radius 3 is 2.62 bits per heavy atom. The molecule has 152 valence electrons. The van der Waals surface area contributed by atoms with E-state index in [0.29, 0.717) is 16.0 Å². The SMILES string of the molecule is CCCn1c(=NC(=O)c2cc([N+](=O)[O-])ccc2Cl)sc2cc(S(C)(=O)=O)ccc21. The molecular formula is C18H16ClN3O5S2. The maximum Gasteiger partial charge on any atom is 0.281 e. The third-order valence-electron chi connectivity index (χ3n) is 4.12. The molecule has 0 aliphatic carbocycles. The molecule has 0 fully saturated rings. The molecule has 0 atom stereocenters. The Morgan fingerprint density at radius 2 is 2.00 bits per heavy atom. The van der Waals surface area contributed by atoms with Crippen LogP contribution in [0.1, 0.15) is 23.7 Å². The molecule has 3 aromatic rings. The zero-order chi connectivity index (χ0) is 21.3. The van der Waals surface area contributed by atoms with Crippen molar-refractivity contribution in [1.82, 2.24) is 4.57 Å². The molecule has 1 heterocycles. The molecule has 29 heavy (non-hydrogen) atoms. The van der Waals surface area contributed by atoms with Gasteiger partial charge in [-0.3, -0.25) is 14.9 Å². The predicted octanol–water partition coefficient (Wildman–Crippen LogP) is 3.82. The van der Waals surface area contributed by atoms with E-state index >= 15 is 0 Å². The minimum absolute atomic E-state index is 0.0619. The number of amides is 1. The number of hydrogen-bond donors (Lipinski definition) is 0. The molecule has 2 aromatic carbocycles. The summed E-state index contributed by atoms with van der Waals surface area (Å²) >= 11 is 7.21. The first-order chi connectivity index (χ1) is 13.6. The second-order valence-electron chi connectivity index (χ2n) is 6.28. The lowest BCUT2D eigenvalue weighted by Gasteiger charge is -2.04. The molecule has 0 spiro atoms. The Morgan fingerprint density at radius 1 is 1.28 bits per heavy atom. The molecule has 0 N–H and O–H groups in total. The van der Waals surface area contributed by atoms with Crippen molar-refractivity contribution in [3.8, 4) is 0 Å². The minimum atomic E-state index is -3.38. The third kappa shape index (κ3) is 4.39. The topological polar surface area (TPSA) is 112 Å². The summed E-state index contributed by atoms with van der Waals surface area (Å²) in [5.41, 5.74) is 0.419. The average Bonchev–Trinajstić information content (AvgIpc) is 2.98. The van der Waals surface area contributed by atoms with Gasteiger partial charge in [-0.25, -0.2) is 8.42 Å². The van der Waals surface area contributed by atoms with E-state index in [4.69, 9.17) is 11.6 Å². The van der Waals surface area contributed by atoms with Gasteiger partial charge < -0.3 is 4.57 Å². The van der Waals surface area contributed by atoms with Crippen molar-refractivity contribution >= 4 is 54.6 Å². The fraction of sp³-hybridized carbons (Fsp3) is 0.222. The Kier molecular flexibility index (Phi) is 5.87. The van der Waals surface area contributed by atoms with Crippen molar-refractivity contribution in [3.05, 3.63) is 61.9 Å². The predicted molar refractivity (Wildman–Crippen MR) is 111 cm³/mol. The number of hydrogen-bond acceptors (Lipinski definition) is 6. The smallest absolute Gasteiger partial charge is 0.281 e. The van der Waals surface area contributed by atoms with Crippen LogP contribution in [0.3, 0.4) is 0 Å². The van der Waals surface area contributed by atoms with Crippen molar-refractivity contribution in [2.45, 2.75) is 24.8 Å². The first kappa shape index (κ1) is 21.2. The highest BCUT2D eigenvalue weighted by Gasteiger charge is 2.17. The molecule has 8 nitrogen and oxygen atoms in total. The van der Waals surface area contributed by atoms with Crippen LogP contribution in [0.2, 0.25) is 5.02 Å². The number of nitrogens with zero attached hydrogens (tertiary/aromatic N) is 3. The number of aromatic nitrogens is 1. The van der Waals surface area contributed by atoms with Gasteiger partial charge in [-0.15, -0.1) is 0 Å². The lowest BCUT2D eigenvalue weighted by molar-refractivity contribution is -0.384. The number of fused-ring (bicyclic) bond motifs is 1. The third-order valence-corrected chi connectivity index (χ3v) is 6.60. The van der Waals surface area contributed by atoms with E-state index in [1.807, 2.05) is 11.5 Å². The number of aryl methyl sites for hydroxylation is 1. The van der Waals surface area contributed by atoms with E-state index in [1.165, 1.54) is 29.5 Å². The molecule has 0 saturated carbocycles. The number of thiazole rings is 1. The molecule has 0 aliphatic heterocycles. The van der Waals surface area contributed by atoms with Crippen molar-refractivity contribution in [1.29, 1.82) is 0 Å². The highest BCUT2D eigenvalue weighted by atomic mass is 35.5. The number of carbonyl (C=O) groups is 1. The average molecular weight is 454 g/mol. The summed E-state index contributed by atoms with van der Waals surface area (Å²) in [5.74, 6) is -0.710. The summed E-state index contributed by atoms with van der Waals surface area (Å²) < 4.78 is 26.1. The number of non-ortho nitro benzene ring substituents is 1. The van der Waals surface area contributed by atoms with Crippen LogP contribution < -0.4 is 4.80 Å². The molecule has 0 aliphatic rings. The maximum absolute atomic E-state index is 12.7. The molecule has 11 heteroatoms. The van der Waals surface area contributed by atoms with Crippen LogP contribution in [0.5, 0.6) is 0 Å². The number of sulfone groups is 1. The van der Waals surface area contributed by atoms with Gasteiger partial charge in [-0.05, 0) is 30.7 Å². The Hall–Kier alpha value is -2.56. The van der Waals surface area contributed by atoms with Gasteiger partial charge in [0.25, 0.3) is 11.6 Å². The fourth-order valence-electron chi connectivity index (χ4n) is 2.75. The summed E-state index contributed by atoms with van der Waals surface area (Å²) in [6.45, 7) is 2.53. The van der Waals surface area contributed by atoms with Crippen LogP contribution in [0.4, 0.5) is 5.69 Å². The monoisotopic (exact) mass is 453 g/mol. The normalized spacial score (nSPS) is 12.4. The van der Waals surface area contributed by atoms with Crippen LogP contribution in [-0.4, -0.2) is 30.1 Å².